The number of nitrogens with one attached hydrogen (secondary N) is 1. The molecule has 0 saturated heterocycles. The van der Waals surface area contributed by atoms with Gasteiger partial charge >= 0.3 is 0 Å². The maximum absolute atomic E-state index is 12.8. The van der Waals surface area contributed by atoms with Gasteiger partial charge in [-0.1, -0.05) is 24.3 Å². The fraction of sp³-hybridized carbons (Fsp3) is 0.0588. The molecule has 0 radical (unpaired) electrons. The van der Waals surface area contributed by atoms with Gasteiger partial charge in [0, 0.05) is 11.6 Å². The van der Waals surface area contributed by atoms with E-state index in [1.165, 1.54) is 17.7 Å². The number of carbonyl (C=O) groups excluding carboxylic acids is 1. The van der Waals surface area contributed by atoms with E-state index < -0.39 is 5.91 Å². The van der Waals surface area contributed by atoms with Crippen molar-refractivity contribution in [2.24, 2.45) is 0 Å². The van der Waals surface area contributed by atoms with Crippen molar-refractivity contribution in [3.63, 3.8) is 0 Å². The van der Waals surface area contributed by atoms with Gasteiger partial charge < -0.3 is 4.74 Å². The Morgan fingerprint density at radius 3 is 2.65 bits per heavy atom. The van der Waals surface area contributed by atoms with Crippen molar-refractivity contribution in [3.05, 3.63) is 70.6 Å². The SMILES string of the molecule is COc1cccc(C(=O)NO)c1-n1ccc2ccccc2c1=O. The number of nitrogens with zero attached hydrogens (tertiary/aromatic N) is 1. The zero-order valence-corrected chi connectivity index (χ0v) is 12.3. The molecule has 0 aliphatic carbocycles. The van der Waals surface area contributed by atoms with E-state index in [0.29, 0.717) is 11.1 Å². The molecule has 6 heteroatoms. The number of rotatable bonds is 3. The molecule has 1 aromatic heterocycles. The van der Waals surface area contributed by atoms with Crippen LogP contribution in [-0.4, -0.2) is 22.8 Å². The maximum atomic E-state index is 12.8. The molecular formula is C17H14N2O4. The number of carbonyl (C=O) groups is 1. The number of aromatic nitrogens is 1. The number of pyridine rings is 1. The zero-order chi connectivity index (χ0) is 16.4. The number of hydrogen-bond donors (Lipinski definition) is 2. The second-order valence-corrected chi connectivity index (χ2v) is 4.88. The van der Waals surface area contributed by atoms with Gasteiger partial charge in [0.1, 0.15) is 11.4 Å². The highest BCUT2D eigenvalue weighted by Gasteiger charge is 2.18. The first-order chi connectivity index (χ1) is 11.2. The molecule has 1 amide bonds. The first-order valence-electron chi connectivity index (χ1n) is 6.89. The lowest BCUT2D eigenvalue weighted by Gasteiger charge is -2.15. The second-order valence-electron chi connectivity index (χ2n) is 4.88. The van der Waals surface area contributed by atoms with Crippen molar-refractivity contribution in [2.45, 2.75) is 0 Å². The van der Waals surface area contributed by atoms with E-state index in [-0.39, 0.29) is 16.8 Å². The van der Waals surface area contributed by atoms with Crippen LogP contribution in [0.1, 0.15) is 10.4 Å². The molecule has 23 heavy (non-hydrogen) atoms. The largest absolute Gasteiger partial charge is 0.495 e. The number of ether oxygens (including phenoxy) is 1. The number of hydroxylamine groups is 1. The summed E-state index contributed by atoms with van der Waals surface area (Å²) in [5.41, 5.74) is 1.72. The van der Waals surface area contributed by atoms with Crippen molar-refractivity contribution in [3.8, 4) is 11.4 Å². The van der Waals surface area contributed by atoms with Crippen molar-refractivity contribution >= 4 is 16.7 Å². The monoisotopic (exact) mass is 310 g/mol. The van der Waals surface area contributed by atoms with E-state index in [1.807, 2.05) is 12.1 Å². The maximum Gasteiger partial charge on any atom is 0.276 e. The van der Waals surface area contributed by atoms with Gasteiger partial charge in [-0.15, -0.1) is 0 Å². The van der Waals surface area contributed by atoms with E-state index in [2.05, 4.69) is 0 Å². The van der Waals surface area contributed by atoms with Crippen LogP contribution in [0.25, 0.3) is 16.5 Å². The Labute approximate surface area is 131 Å². The van der Waals surface area contributed by atoms with Gasteiger partial charge in [-0.2, -0.15) is 0 Å². The molecule has 3 rings (SSSR count). The lowest BCUT2D eigenvalue weighted by Crippen LogP contribution is -2.25. The van der Waals surface area contributed by atoms with Crippen LogP contribution in [0.3, 0.4) is 0 Å². The topological polar surface area (TPSA) is 80.6 Å². The molecule has 3 aromatic rings. The number of amides is 1. The molecule has 0 unspecified atom stereocenters. The highest BCUT2D eigenvalue weighted by molar-refractivity contribution is 5.98. The Kier molecular flexibility index (Phi) is 3.82. The van der Waals surface area contributed by atoms with Crippen LogP contribution < -0.4 is 15.8 Å². The van der Waals surface area contributed by atoms with Crippen LogP contribution in [0.2, 0.25) is 0 Å². The summed E-state index contributed by atoms with van der Waals surface area (Å²) in [5.74, 6) is -0.373. The summed E-state index contributed by atoms with van der Waals surface area (Å²) in [4.78, 5) is 24.7. The molecule has 6 nitrogen and oxygen atoms in total. The summed E-state index contributed by atoms with van der Waals surface area (Å²) in [6.45, 7) is 0. The first kappa shape index (κ1) is 14.8. The predicted octanol–water partition coefficient (Wildman–Crippen LogP) is 2.12. The summed E-state index contributed by atoms with van der Waals surface area (Å²) in [6, 6.07) is 13.7. The molecule has 0 bridgehead atoms. The highest BCUT2D eigenvalue weighted by atomic mass is 16.5. The minimum atomic E-state index is -0.723. The normalized spacial score (nSPS) is 10.5. The lowest BCUT2D eigenvalue weighted by molar-refractivity contribution is 0.0706. The van der Waals surface area contributed by atoms with Crippen LogP contribution in [0, 0.1) is 0 Å². The van der Waals surface area contributed by atoms with E-state index in [0.717, 1.165) is 5.39 Å². The van der Waals surface area contributed by atoms with Crippen molar-refractivity contribution < 1.29 is 14.7 Å². The Hall–Kier alpha value is -3.12. The fourth-order valence-corrected chi connectivity index (χ4v) is 2.54. The standard InChI is InChI=1S/C17H14N2O4/c1-23-14-8-4-7-13(16(20)18-22)15(14)19-10-9-11-5-2-3-6-12(11)17(19)21/h2-10,22H,1H3,(H,18,20). The smallest absolute Gasteiger partial charge is 0.276 e. The summed E-state index contributed by atoms with van der Waals surface area (Å²) in [6.07, 6.45) is 1.58. The van der Waals surface area contributed by atoms with Crippen LogP contribution in [0.4, 0.5) is 0 Å². The highest BCUT2D eigenvalue weighted by Crippen LogP contribution is 2.26. The Bertz CT molecular complexity index is 947. The summed E-state index contributed by atoms with van der Waals surface area (Å²) in [5, 5.41) is 10.3. The molecule has 0 atom stereocenters. The third-order valence-electron chi connectivity index (χ3n) is 3.62. The first-order valence-corrected chi connectivity index (χ1v) is 6.89. The fourth-order valence-electron chi connectivity index (χ4n) is 2.54. The molecule has 0 aliphatic heterocycles. The van der Waals surface area contributed by atoms with Crippen molar-refractivity contribution in [2.75, 3.05) is 7.11 Å². The molecular weight excluding hydrogens is 296 g/mol. The summed E-state index contributed by atoms with van der Waals surface area (Å²) < 4.78 is 6.62. The Morgan fingerprint density at radius 1 is 1.13 bits per heavy atom. The molecule has 116 valence electrons. The van der Waals surface area contributed by atoms with Gasteiger partial charge in [-0.25, -0.2) is 5.48 Å². The van der Waals surface area contributed by atoms with Gasteiger partial charge in [0.05, 0.1) is 12.7 Å². The van der Waals surface area contributed by atoms with Crippen LogP contribution in [-0.2, 0) is 0 Å². The minimum Gasteiger partial charge on any atom is -0.495 e. The summed E-state index contributed by atoms with van der Waals surface area (Å²) in [7, 11) is 1.45. The van der Waals surface area contributed by atoms with Gasteiger partial charge in [0.15, 0.2) is 0 Å². The predicted molar refractivity (Wildman–Crippen MR) is 85.3 cm³/mol. The summed E-state index contributed by atoms with van der Waals surface area (Å²) >= 11 is 0. The Balaban J connectivity index is 2.36. The van der Waals surface area contributed by atoms with Gasteiger partial charge in [0.25, 0.3) is 11.5 Å². The molecule has 2 aromatic carbocycles. The number of methoxy groups -OCH3 is 1. The number of fused-ring (bicyclic) bond motifs is 1. The minimum absolute atomic E-state index is 0.129. The quantitative estimate of drug-likeness (QED) is 0.573. The second kappa shape index (κ2) is 5.94. The average Bonchev–Trinajstić information content (AvgIpc) is 2.61. The molecule has 0 spiro atoms. The molecule has 0 saturated carbocycles. The number of benzene rings is 2. The Morgan fingerprint density at radius 2 is 1.91 bits per heavy atom. The number of hydrogen-bond acceptors (Lipinski definition) is 4. The average molecular weight is 310 g/mol. The van der Waals surface area contributed by atoms with Gasteiger partial charge in [-0.05, 0) is 29.7 Å². The third kappa shape index (κ3) is 2.45. The van der Waals surface area contributed by atoms with E-state index >= 15 is 0 Å². The van der Waals surface area contributed by atoms with Crippen molar-refractivity contribution in [1.82, 2.24) is 10.0 Å². The van der Waals surface area contributed by atoms with E-state index in [4.69, 9.17) is 9.94 Å². The number of para-hydroxylation sites is 1. The van der Waals surface area contributed by atoms with Crippen LogP contribution in [0.5, 0.6) is 5.75 Å². The van der Waals surface area contributed by atoms with Crippen molar-refractivity contribution in [1.29, 1.82) is 0 Å². The van der Waals surface area contributed by atoms with Crippen LogP contribution >= 0.6 is 0 Å². The van der Waals surface area contributed by atoms with E-state index in [1.54, 1.807) is 42.0 Å². The van der Waals surface area contributed by atoms with Gasteiger partial charge in [-0.3, -0.25) is 19.4 Å². The van der Waals surface area contributed by atoms with Gasteiger partial charge in [0.2, 0.25) is 0 Å². The molecule has 0 fully saturated rings. The van der Waals surface area contributed by atoms with E-state index in [9.17, 15) is 9.59 Å². The lowest BCUT2D eigenvalue weighted by atomic mass is 10.1. The molecule has 2 N–H and O–H groups in total. The zero-order valence-electron chi connectivity index (χ0n) is 12.3. The third-order valence-corrected chi connectivity index (χ3v) is 3.62. The molecule has 1 heterocycles. The van der Waals surface area contributed by atoms with Crippen LogP contribution in [0.15, 0.2) is 59.5 Å². The molecule has 0 aliphatic rings.